The van der Waals surface area contributed by atoms with Gasteiger partial charge in [-0.1, -0.05) is 103 Å². The topological polar surface area (TPSA) is 165 Å². The van der Waals surface area contributed by atoms with E-state index in [1.54, 1.807) is 0 Å². The van der Waals surface area contributed by atoms with Crippen molar-refractivity contribution in [2.75, 3.05) is 26.1 Å². The highest BCUT2D eigenvalue weighted by atomic mass is 32.2. The van der Waals surface area contributed by atoms with Gasteiger partial charge in [0, 0.05) is 5.56 Å². The van der Waals surface area contributed by atoms with E-state index in [2.05, 4.69) is 17.0 Å². The molecule has 3 N–H and O–H groups in total. The Kier molecular flexibility index (Phi) is 18.8. The average molecular weight is 711 g/mol. The molecule has 0 aliphatic carbocycles. The Balaban J connectivity index is 1.83. The third-order valence-corrected chi connectivity index (χ3v) is 10.4. The number of rotatable bonds is 26. The monoisotopic (exact) mass is 710 g/mol. The summed E-state index contributed by atoms with van der Waals surface area (Å²) >= 11 is 0. The first-order valence-electron chi connectivity index (χ1n) is 17.1. The standard InChI is InChI=1S/C35H54N2O9S2/c1-4-5-6-7-8-9-10-11-12-13-14-15-16-17-18-19-24-46-32-23-21-29(47(40,41)36-2)26-30(32)37-35(39)27-31(38)28-20-22-33(45-3)34(25-28)48(42,43)44/h20-23,25-26,36H,4-19,24,27H2,1-3H3,(H,37,39)(H,42,43,44). The van der Waals surface area contributed by atoms with Crippen molar-refractivity contribution in [3.8, 4) is 11.5 Å². The van der Waals surface area contributed by atoms with E-state index < -0.39 is 43.1 Å². The maximum Gasteiger partial charge on any atom is 0.298 e. The van der Waals surface area contributed by atoms with E-state index in [1.165, 1.54) is 128 Å². The number of carbonyl (C=O) groups is 2. The molecule has 0 unspecified atom stereocenters. The first-order valence-corrected chi connectivity index (χ1v) is 20.0. The number of sulfonamides is 1. The summed E-state index contributed by atoms with van der Waals surface area (Å²) in [6, 6.07) is 7.47. The number of Topliss-reactive ketones (excluding diaryl/α,β-unsaturated/α-hetero) is 1. The lowest BCUT2D eigenvalue weighted by Crippen LogP contribution is -2.20. The van der Waals surface area contributed by atoms with E-state index >= 15 is 0 Å². The van der Waals surface area contributed by atoms with Gasteiger partial charge in [0.05, 0.1) is 30.7 Å². The summed E-state index contributed by atoms with van der Waals surface area (Å²) in [4.78, 5) is 25.0. The lowest BCUT2D eigenvalue weighted by molar-refractivity contribution is -0.115. The molecule has 0 heterocycles. The molecule has 2 aromatic rings. The first kappa shape index (κ1) is 41.2. The third-order valence-electron chi connectivity index (χ3n) is 8.14. The van der Waals surface area contributed by atoms with Crippen LogP contribution >= 0.6 is 0 Å². The van der Waals surface area contributed by atoms with Crippen LogP contribution in [-0.2, 0) is 24.9 Å². The van der Waals surface area contributed by atoms with Gasteiger partial charge in [0.15, 0.2) is 5.78 Å². The molecule has 0 aromatic heterocycles. The fraction of sp³-hybridized carbons (Fsp3) is 0.600. The molecule has 0 atom stereocenters. The number of ether oxygens (including phenoxy) is 2. The molecule has 270 valence electrons. The van der Waals surface area contributed by atoms with Crippen molar-refractivity contribution >= 4 is 37.5 Å². The number of unbranched alkanes of at least 4 members (excludes halogenated alkanes) is 15. The second-order valence-electron chi connectivity index (χ2n) is 12.0. The van der Waals surface area contributed by atoms with Gasteiger partial charge in [-0.05, 0) is 49.9 Å². The fourth-order valence-corrected chi connectivity index (χ4v) is 6.78. The minimum atomic E-state index is -4.69. The second kappa shape index (κ2) is 21.9. The Bertz CT molecular complexity index is 1510. The van der Waals surface area contributed by atoms with Crippen LogP contribution in [0.15, 0.2) is 46.2 Å². The smallest absolute Gasteiger partial charge is 0.298 e. The summed E-state index contributed by atoms with van der Waals surface area (Å²) < 4.78 is 70.8. The van der Waals surface area contributed by atoms with Gasteiger partial charge in [-0.2, -0.15) is 8.42 Å². The van der Waals surface area contributed by atoms with Crippen LogP contribution in [0.25, 0.3) is 0 Å². The van der Waals surface area contributed by atoms with Crippen LogP contribution in [0.5, 0.6) is 11.5 Å². The Morgan fingerprint density at radius 1 is 0.729 bits per heavy atom. The summed E-state index contributed by atoms with van der Waals surface area (Å²) in [6.07, 6.45) is 19.3. The summed E-state index contributed by atoms with van der Waals surface area (Å²) in [6.45, 7) is 2.61. The van der Waals surface area contributed by atoms with Crippen molar-refractivity contribution in [2.45, 2.75) is 126 Å². The van der Waals surface area contributed by atoms with Crippen LogP contribution in [0, 0.1) is 0 Å². The van der Waals surface area contributed by atoms with Gasteiger partial charge in [-0.3, -0.25) is 14.1 Å². The SMILES string of the molecule is CCCCCCCCCCCCCCCCCCOc1ccc(S(=O)(=O)NC)cc1NC(=O)CC(=O)c1ccc(OC)c(S(=O)(=O)O)c1. The zero-order valence-corrected chi connectivity index (χ0v) is 30.4. The Morgan fingerprint density at radius 3 is 1.75 bits per heavy atom. The summed E-state index contributed by atoms with van der Waals surface area (Å²) in [5.74, 6) is -1.40. The maximum absolute atomic E-state index is 12.9. The van der Waals surface area contributed by atoms with Gasteiger partial charge in [0.25, 0.3) is 10.1 Å². The predicted molar refractivity (Wildman–Crippen MR) is 188 cm³/mol. The zero-order chi connectivity index (χ0) is 35.4. The highest BCUT2D eigenvalue weighted by molar-refractivity contribution is 7.89. The lowest BCUT2D eigenvalue weighted by atomic mass is 10.0. The molecule has 0 aliphatic heterocycles. The lowest BCUT2D eigenvalue weighted by Gasteiger charge is -2.14. The number of carbonyl (C=O) groups excluding carboxylic acids is 2. The highest BCUT2D eigenvalue weighted by Crippen LogP contribution is 2.29. The number of hydrogen-bond acceptors (Lipinski definition) is 8. The number of methoxy groups -OCH3 is 1. The molecular formula is C35H54N2O9S2. The number of hydrogen-bond donors (Lipinski definition) is 3. The van der Waals surface area contributed by atoms with E-state index in [4.69, 9.17) is 9.47 Å². The Labute approximate surface area is 287 Å². The zero-order valence-electron chi connectivity index (χ0n) is 28.7. The molecule has 11 nitrogen and oxygen atoms in total. The molecular weight excluding hydrogens is 657 g/mol. The number of amides is 1. The Hall–Kier alpha value is -3.00. The molecule has 2 aromatic carbocycles. The Morgan fingerprint density at radius 2 is 1.25 bits per heavy atom. The molecule has 0 spiro atoms. The van der Waals surface area contributed by atoms with Crippen LogP contribution in [0.4, 0.5) is 5.69 Å². The molecule has 2 rings (SSSR count). The van der Waals surface area contributed by atoms with E-state index in [-0.39, 0.29) is 27.6 Å². The molecule has 1 amide bonds. The van der Waals surface area contributed by atoms with Crippen molar-refractivity contribution in [3.63, 3.8) is 0 Å². The normalized spacial score (nSPS) is 11.8. The van der Waals surface area contributed by atoms with Crippen molar-refractivity contribution in [2.24, 2.45) is 0 Å². The predicted octanol–water partition coefficient (Wildman–Crippen LogP) is 7.70. The third kappa shape index (κ3) is 15.0. The number of nitrogens with one attached hydrogen (secondary N) is 2. The van der Waals surface area contributed by atoms with Gasteiger partial charge >= 0.3 is 0 Å². The summed E-state index contributed by atoms with van der Waals surface area (Å²) in [5, 5.41) is 2.55. The van der Waals surface area contributed by atoms with Gasteiger partial charge < -0.3 is 14.8 Å². The molecule has 0 fully saturated rings. The molecule has 0 aliphatic rings. The first-order chi connectivity index (χ1) is 22.9. The molecule has 13 heteroatoms. The van der Waals surface area contributed by atoms with Crippen LogP contribution < -0.4 is 19.5 Å². The molecule has 0 radical (unpaired) electrons. The minimum Gasteiger partial charge on any atom is -0.495 e. The largest absolute Gasteiger partial charge is 0.495 e. The van der Waals surface area contributed by atoms with E-state index in [0.717, 1.165) is 25.3 Å². The number of benzene rings is 2. The molecule has 48 heavy (non-hydrogen) atoms. The van der Waals surface area contributed by atoms with Crippen LogP contribution in [-0.4, -0.2) is 53.8 Å². The minimum absolute atomic E-state index is 0.0778. The van der Waals surface area contributed by atoms with Crippen molar-refractivity contribution in [1.29, 1.82) is 0 Å². The van der Waals surface area contributed by atoms with Crippen LogP contribution in [0.3, 0.4) is 0 Å². The van der Waals surface area contributed by atoms with Gasteiger partial charge in [0.1, 0.15) is 16.4 Å². The van der Waals surface area contributed by atoms with Crippen molar-refractivity contribution < 1.29 is 40.5 Å². The van der Waals surface area contributed by atoms with Gasteiger partial charge in [-0.15, -0.1) is 0 Å². The van der Waals surface area contributed by atoms with E-state index in [9.17, 15) is 31.0 Å². The highest BCUT2D eigenvalue weighted by Gasteiger charge is 2.22. The summed E-state index contributed by atoms with van der Waals surface area (Å²) in [7, 11) is -6.05. The molecule has 0 bridgehead atoms. The fourth-order valence-electron chi connectivity index (χ4n) is 5.34. The molecule has 0 saturated carbocycles. The van der Waals surface area contributed by atoms with E-state index in [1.807, 2.05) is 0 Å². The van der Waals surface area contributed by atoms with Gasteiger partial charge in [-0.25, -0.2) is 13.1 Å². The van der Waals surface area contributed by atoms with E-state index in [0.29, 0.717) is 6.61 Å². The summed E-state index contributed by atoms with van der Waals surface area (Å²) in [5.41, 5.74) is -0.0565. The number of ketones is 1. The van der Waals surface area contributed by atoms with Crippen LogP contribution in [0.1, 0.15) is 126 Å². The van der Waals surface area contributed by atoms with Crippen molar-refractivity contribution in [3.05, 3.63) is 42.0 Å². The quantitative estimate of drug-likeness (QED) is 0.0384. The average Bonchev–Trinajstić information content (AvgIpc) is 3.05. The maximum atomic E-state index is 12.9. The molecule has 0 saturated heterocycles. The van der Waals surface area contributed by atoms with Gasteiger partial charge in [0.2, 0.25) is 15.9 Å². The number of anilines is 1. The van der Waals surface area contributed by atoms with Crippen LogP contribution in [0.2, 0.25) is 0 Å². The second-order valence-corrected chi connectivity index (χ2v) is 15.3. The van der Waals surface area contributed by atoms with Crippen molar-refractivity contribution in [1.82, 2.24) is 4.72 Å².